The monoisotopic (exact) mass is 686 g/mol. The zero-order chi connectivity index (χ0) is 34.7. The van der Waals surface area contributed by atoms with Gasteiger partial charge >= 0.3 is 24.6 Å². The van der Waals surface area contributed by atoms with Crippen molar-refractivity contribution in [3.05, 3.63) is 100 Å². The largest absolute Gasteiger partial charge is 0.465 e. The van der Waals surface area contributed by atoms with Crippen LogP contribution in [0.15, 0.2) is 66.7 Å². The number of amides is 1. The average Bonchev–Trinajstić information content (AvgIpc) is 2.93. The molecule has 7 nitrogen and oxygen atoms in total. The first-order valence-electron chi connectivity index (χ1n) is 13.3. The van der Waals surface area contributed by atoms with E-state index in [9.17, 15) is 57.8 Å². The van der Waals surface area contributed by atoms with E-state index in [1.165, 1.54) is 0 Å². The van der Waals surface area contributed by atoms with Crippen molar-refractivity contribution in [3.8, 4) is 0 Å². The number of rotatable bonds is 6. The summed E-state index contributed by atoms with van der Waals surface area (Å²) in [5, 5.41) is 12.3. The number of halogens is 9. The molecule has 0 saturated heterocycles. The maximum absolute atomic E-state index is 13.3. The molecule has 1 aliphatic heterocycles. The highest BCUT2D eigenvalue weighted by molar-refractivity contribution is 7.85. The Morgan fingerprint density at radius 2 is 1.37 bits per heavy atom. The first-order valence-corrected chi connectivity index (χ1v) is 14.9. The van der Waals surface area contributed by atoms with Gasteiger partial charge in [0.2, 0.25) is 0 Å². The third kappa shape index (κ3) is 9.83. The van der Waals surface area contributed by atoms with Crippen molar-refractivity contribution in [2.45, 2.75) is 62.7 Å². The molecule has 1 amide bonds. The van der Waals surface area contributed by atoms with Crippen molar-refractivity contribution < 1.29 is 62.4 Å². The summed E-state index contributed by atoms with van der Waals surface area (Å²) >= 11 is 0. The number of carbonyl (C=O) groups is 1. The molecule has 0 radical (unpaired) electrons. The summed E-state index contributed by atoms with van der Waals surface area (Å²) in [6.07, 6.45) is -16.0. The van der Waals surface area contributed by atoms with Crippen molar-refractivity contribution in [2.24, 2.45) is 0 Å². The van der Waals surface area contributed by atoms with Crippen molar-refractivity contribution in [1.29, 1.82) is 0 Å². The fourth-order valence-corrected chi connectivity index (χ4v) is 5.49. The van der Waals surface area contributed by atoms with E-state index in [0.717, 1.165) is 17.0 Å². The fraction of sp³-hybridized carbons (Fsp3) is 0.345. The number of anilines is 1. The molecular weight excluding hydrogens is 659 g/mol. The smallest absolute Gasteiger partial charge is 0.416 e. The number of fused-ring (bicyclic) bond motifs is 1. The van der Waals surface area contributed by atoms with Crippen LogP contribution >= 0.6 is 0 Å². The summed E-state index contributed by atoms with van der Waals surface area (Å²) in [4.78, 5) is 12.7. The zero-order valence-electron chi connectivity index (χ0n) is 23.7. The predicted octanol–water partition coefficient (Wildman–Crippen LogP) is 8.32. The Bertz CT molecular complexity index is 1590. The summed E-state index contributed by atoms with van der Waals surface area (Å²) in [5.74, 6) is -0.312. The molecule has 3 N–H and O–H groups in total. The van der Waals surface area contributed by atoms with Gasteiger partial charge in [0.05, 0.1) is 22.4 Å². The summed E-state index contributed by atoms with van der Waals surface area (Å²) in [6, 6.07) is 10.4. The van der Waals surface area contributed by atoms with Gasteiger partial charge < -0.3 is 10.4 Å². The lowest BCUT2D eigenvalue weighted by atomic mass is 9.88. The average molecular weight is 687 g/mol. The van der Waals surface area contributed by atoms with E-state index in [1.54, 1.807) is 37.3 Å². The van der Waals surface area contributed by atoms with Gasteiger partial charge in [0.1, 0.15) is 5.75 Å². The normalized spacial score (nSPS) is 17.2. The molecule has 0 unspecified atom stereocenters. The Morgan fingerprint density at radius 3 is 1.83 bits per heavy atom. The molecule has 1 heterocycles. The van der Waals surface area contributed by atoms with E-state index < -0.39 is 70.1 Å². The second kappa shape index (κ2) is 13.9. The summed E-state index contributed by atoms with van der Waals surface area (Å²) < 4.78 is 148. The number of carboxylic acid groups (broad SMARTS) is 1. The van der Waals surface area contributed by atoms with Gasteiger partial charge in [-0.05, 0) is 65.9 Å². The van der Waals surface area contributed by atoms with Crippen LogP contribution in [-0.4, -0.2) is 30.2 Å². The molecule has 0 bridgehead atoms. The quantitative estimate of drug-likeness (QED) is 0.178. The molecule has 3 aromatic carbocycles. The molecule has 2 atom stereocenters. The molecule has 0 aromatic heterocycles. The Labute approximate surface area is 257 Å². The maximum Gasteiger partial charge on any atom is 0.416 e. The van der Waals surface area contributed by atoms with Crippen LogP contribution in [0.25, 0.3) is 0 Å². The minimum absolute atomic E-state index is 0.0210. The second-order valence-corrected chi connectivity index (χ2v) is 11.7. The van der Waals surface area contributed by atoms with Crippen LogP contribution in [0.2, 0.25) is 0 Å². The highest BCUT2D eigenvalue weighted by Gasteiger charge is 2.39. The topological polar surface area (TPSA) is 107 Å². The number of nitrogens with zero attached hydrogens (tertiary/aromatic N) is 1. The van der Waals surface area contributed by atoms with Crippen molar-refractivity contribution in [3.63, 3.8) is 0 Å². The van der Waals surface area contributed by atoms with Crippen molar-refractivity contribution in [1.82, 2.24) is 5.32 Å². The predicted molar refractivity (Wildman–Crippen MR) is 148 cm³/mol. The highest BCUT2D eigenvalue weighted by atomic mass is 32.2. The summed E-state index contributed by atoms with van der Waals surface area (Å²) in [5.41, 5.74) is -4.01. The number of hydrogen-bond donors (Lipinski definition) is 3. The van der Waals surface area contributed by atoms with Crippen molar-refractivity contribution >= 4 is 21.9 Å². The highest BCUT2D eigenvalue weighted by Crippen LogP contribution is 2.42. The number of hydrogen-bond acceptors (Lipinski definition) is 4. The van der Waals surface area contributed by atoms with Gasteiger partial charge in [-0.1, -0.05) is 37.3 Å². The lowest BCUT2D eigenvalue weighted by Crippen LogP contribution is -2.46. The Hall–Kier alpha value is -3.83. The standard InChI is InChI=1S/C22H19F9N2O2.C7H8O3S/c1-2-15-9-17(16-8-12(20(23,24)25)3-4-18(16)33(15)19(34)35)32-10-11-5-13(21(26,27)28)7-14(6-11)22(29,30)31;8-11(9,10)6-7-4-2-1-3-5-7/h3-8,15,17,32H,2,9-10H2,1H3,(H,34,35);1-5H,6H2,(H,8,9,10)/t15-,17+;/m1./s1. The Morgan fingerprint density at radius 1 is 0.826 bits per heavy atom. The van der Waals surface area contributed by atoms with Gasteiger partial charge in [0.25, 0.3) is 10.1 Å². The van der Waals surface area contributed by atoms with Crippen LogP contribution in [0.4, 0.5) is 50.0 Å². The van der Waals surface area contributed by atoms with E-state index in [0.29, 0.717) is 23.8 Å². The minimum Gasteiger partial charge on any atom is -0.465 e. The molecular formula is C29H27F9N2O5S. The first kappa shape index (κ1) is 36.6. The van der Waals surface area contributed by atoms with Crippen molar-refractivity contribution in [2.75, 3.05) is 4.90 Å². The molecule has 0 fully saturated rings. The van der Waals surface area contributed by atoms with Crippen LogP contribution in [0.5, 0.6) is 0 Å². The number of nitrogens with one attached hydrogen (secondary N) is 1. The van der Waals surface area contributed by atoms with Gasteiger partial charge in [0, 0.05) is 18.6 Å². The molecule has 17 heteroatoms. The number of alkyl halides is 9. The molecule has 4 rings (SSSR count). The summed E-state index contributed by atoms with van der Waals surface area (Å²) in [6.45, 7) is 1.12. The van der Waals surface area contributed by atoms with Gasteiger partial charge in [-0.25, -0.2) is 4.79 Å². The second-order valence-electron chi connectivity index (χ2n) is 10.3. The van der Waals surface area contributed by atoms with Gasteiger partial charge in [-0.2, -0.15) is 47.9 Å². The third-order valence-corrected chi connectivity index (χ3v) is 7.63. The lowest BCUT2D eigenvalue weighted by molar-refractivity contribution is -0.143. The lowest BCUT2D eigenvalue weighted by Gasteiger charge is -2.39. The Balaban J connectivity index is 0.000000441. The molecule has 252 valence electrons. The third-order valence-electron chi connectivity index (χ3n) is 6.93. The molecule has 1 aliphatic rings. The van der Waals surface area contributed by atoms with Crippen LogP contribution in [0.1, 0.15) is 59.2 Å². The van der Waals surface area contributed by atoms with E-state index in [2.05, 4.69) is 5.32 Å². The van der Waals surface area contributed by atoms with E-state index in [1.807, 2.05) is 0 Å². The van der Waals surface area contributed by atoms with Crippen LogP contribution in [-0.2, 0) is 40.9 Å². The number of benzene rings is 3. The Kier molecular flexibility index (Phi) is 11.1. The molecule has 0 saturated carbocycles. The van der Waals surface area contributed by atoms with E-state index >= 15 is 0 Å². The first-order chi connectivity index (χ1) is 21.1. The van der Waals surface area contributed by atoms with Gasteiger partial charge in [-0.15, -0.1) is 0 Å². The zero-order valence-corrected chi connectivity index (χ0v) is 24.5. The fourth-order valence-electron chi connectivity index (χ4n) is 4.88. The maximum atomic E-state index is 13.3. The molecule has 0 spiro atoms. The van der Waals surface area contributed by atoms with Gasteiger partial charge in [0.15, 0.2) is 0 Å². The molecule has 46 heavy (non-hydrogen) atoms. The van der Waals surface area contributed by atoms with Crippen LogP contribution in [0.3, 0.4) is 0 Å². The van der Waals surface area contributed by atoms with Gasteiger partial charge in [-0.3, -0.25) is 9.45 Å². The SMILES string of the molecule is CC[C@@H]1C[C@H](NCc2cc(C(F)(F)F)cc(C(F)(F)F)c2)c2cc(C(F)(F)F)ccc2N1C(=O)O.O=S(=O)(O)Cc1ccccc1. The molecule has 3 aromatic rings. The molecule has 0 aliphatic carbocycles. The van der Waals surface area contributed by atoms with E-state index in [-0.39, 0.29) is 41.5 Å². The summed E-state index contributed by atoms with van der Waals surface area (Å²) in [7, 11) is -3.88. The minimum atomic E-state index is -5.05. The van der Waals surface area contributed by atoms with Crippen LogP contribution in [0, 0.1) is 0 Å². The van der Waals surface area contributed by atoms with Crippen LogP contribution < -0.4 is 10.2 Å². The van der Waals surface area contributed by atoms with E-state index in [4.69, 9.17) is 4.55 Å².